The van der Waals surface area contributed by atoms with E-state index in [2.05, 4.69) is 15.0 Å². The molecule has 2 aromatic carbocycles. The van der Waals surface area contributed by atoms with Crippen LogP contribution in [0.1, 0.15) is 10.4 Å². The van der Waals surface area contributed by atoms with E-state index in [9.17, 15) is 9.18 Å². The Labute approximate surface area is 170 Å². The topological polar surface area (TPSA) is 111 Å². The van der Waals surface area contributed by atoms with Gasteiger partial charge in [0.2, 0.25) is 11.9 Å². The van der Waals surface area contributed by atoms with E-state index in [1.54, 1.807) is 42.6 Å². The van der Waals surface area contributed by atoms with Crippen molar-refractivity contribution in [3.05, 3.63) is 77.2 Å². The standard InChI is InChI=1S/C21H15ClFN5O/c22-16-9-11(23)5-6-14(16)19-15(12-3-1-2-4-13(12)20(24)29)10-18(27-19)17-7-8-26-21(25)28-17/h1-10,27H,(H2,24,29)(H2,25,26,28). The molecule has 2 heterocycles. The molecule has 4 aromatic rings. The number of aromatic amines is 1. The van der Waals surface area contributed by atoms with Crippen LogP contribution in [0, 0.1) is 5.82 Å². The molecule has 0 aliphatic heterocycles. The Morgan fingerprint density at radius 3 is 2.55 bits per heavy atom. The van der Waals surface area contributed by atoms with Crippen molar-refractivity contribution in [3.63, 3.8) is 0 Å². The lowest BCUT2D eigenvalue weighted by molar-refractivity contribution is 0.100. The van der Waals surface area contributed by atoms with Gasteiger partial charge in [0.25, 0.3) is 0 Å². The minimum absolute atomic E-state index is 0.123. The minimum Gasteiger partial charge on any atom is -0.368 e. The second kappa shape index (κ2) is 7.37. The second-order valence-corrected chi connectivity index (χ2v) is 6.71. The fourth-order valence-corrected chi connectivity index (χ4v) is 3.43. The molecule has 4 rings (SSSR count). The number of halogens is 2. The van der Waals surface area contributed by atoms with Crippen LogP contribution in [-0.2, 0) is 0 Å². The number of nitrogen functional groups attached to an aromatic ring is 1. The van der Waals surface area contributed by atoms with Gasteiger partial charge in [0.15, 0.2) is 0 Å². The average molecular weight is 408 g/mol. The van der Waals surface area contributed by atoms with Crippen LogP contribution in [0.3, 0.4) is 0 Å². The van der Waals surface area contributed by atoms with Crippen molar-refractivity contribution in [1.29, 1.82) is 0 Å². The van der Waals surface area contributed by atoms with Gasteiger partial charge in [-0.2, -0.15) is 0 Å². The molecule has 2 aromatic heterocycles. The van der Waals surface area contributed by atoms with Crippen molar-refractivity contribution in [2.45, 2.75) is 0 Å². The number of amides is 1. The first-order chi connectivity index (χ1) is 13.9. The van der Waals surface area contributed by atoms with E-state index in [0.717, 1.165) is 0 Å². The van der Waals surface area contributed by atoms with E-state index in [4.69, 9.17) is 23.1 Å². The SMILES string of the molecule is NC(=O)c1ccccc1-c1cc(-c2ccnc(N)n2)[nH]c1-c1ccc(F)cc1Cl. The van der Waals surface area contributed by atoms with Gasteiger partial charge >= 0.3 is 0 Å². The fraction of sp³-hybridized carbons (Fsp3) is 0. The van der Waals surface area contributed by atoms with Crippen LogP contribution in [-0.4, -0.2) is 20.9 Å². The minimum atomic E-state index is -0.564. The number of carbonyl (C=O) groups excluding carboxylic acids is 1. The summed E-state index contributed by atoms with van der Waals surface area (Å²) in [6.45, 7) is 0. The quantitative estimate of drug-likeness (QED) is 0.468. The highest BCUT2D eigenvalue weighted by atomic mass is 35.5. The number of nitrogens with one attached hydrogen (secondary N) is 1. The Hall–Kier alpha value is -3.71. The van der Waals surface area contributed by atoms with Crippen molar-refractivity contribution in [2.24, 2.45) is 5.73 Å². The van der Waals surface area contributed by atoms with Crippen molar-refractivity contribution in [3.8, 4) is 33.8 Å². The molecule has 0 spiro atoms. The van der Waals surface area contributed by atoms with E-state index in [-0.39, 0.29) is 11.0 Å². The molecule has 0 radical (unpaired) electrons. The smallest absolute Gasteiger partial charge is 0.249 e. The van der Waals surface area contributed by atoms with Gasteiger partial charge in [-0.1, -0.05) is 29.8 Å². The maximum Gasteiger partial charge on any atom is 0.249 e. The zero-order chi connectivity index (χ0) is 20.5. The highest BCUT2D eigenvalue weighted by Crippen LogP contribution is 2.39. The number of H-pyrrole nitrogens is 1. The first-order valence-electron chi connectivity index (χ1n) is 8.60. The lowest BCUT2D eigenvalue weighted by atomic mass is 9.96. The van der Waals surface area contributed by atoms with Crippen molar-refractivity contribution in [1.82, 2.24) is 15.0 Å². The van der Waals surface area contributed by atoms with Crippen LogP contribution in [0.5, 0.6) is 0 Å². The van der Waals surface area contributed by atoms with Gasteiger partial charge in [0, 0.05) is 22.9 Å². The summed E-state index contributed by atoms with van der Waals surface area (Å²) in [4.78, 5) is 23.4. The van der Waals surface area contributed by atoms with Crippen molar-refractivity contribution in [2.75, 3.05) is 5.73 Å². The first kappa shape index (κ1) is 18.6. The number of carbonyl (C=O) groups is 1. The molecule has 0 aliphatic rings. The van der Waals surface area contributed by atoms with E-state index >= 15 is 0 Å². The average Bonchev–Trinajstić information content (AvgIpc) is 3.13. The molecule has 0 aliphatic carbocycles. The number of primary amides is 1. The van der Waals surface area contributed by atoms with Crippen LogP contribution in [0.2, 0.25) is 5.02 Å². The first-order valence-corrected chi connectivity index (χ1v) is 8.98. The summed E-state index contributed by atoms with van der Waals surface area (Å²) in [6, 6.07) is 14.6. The Bertz CT molecular complexity index is 1240. The summed E-state index contributed by atoms with van der Waals surface area (Å²) < 4.78 is 13.6. The summed E-state index contributed by atoms with van der Waals surface area (Å²) in [7, 11) is 0. The Morgan fingerprint density at radius 1 is 1.03 bits per heavy atom. The summed E-state index contributed by atoms with van der Waals surface area (Å²) in [5.74, 6) is -0.892. The van der Waals surface area contributed by atoms with Gasteiger partial charge < -0.3 is 16.5 Å². The summed E-state index contributed by atoms with van der Waals surface area (Å²) in [5.41, 5.74) is 15.2. The molecule has 0 saturated heterocycles. The molecule has 6 nitrogen and oxygen atoms in total. The Kier molecular flexibility index (Phi) is 4.74. The number of hydrogen-bond donors (Lipinski definition) is 3. The third kappa shape index (κ3) is 3.55. The predicted molar refractivity (Wildman–Crippen MR) is 111 cm³/mol. The monoisotopic (exact) mass is 407 g/mol. The zero-order valence-electron chi connectivity index (χ0n) is 15.0. The maximum atomic E-state index is 13.6. The number of anilines is 1. The molecule has 0 bridgehead atoms. The van der Waals surface area contributed by atoms with Crippen LogP contribution in [0.15, 0.2) is 60.8 Å². The number of nitrogens with two attached hydrogens (primary N) is 2. The molecule has 0 fully saturated rings. The van der Waals surface area contributed by atoms with E-state index in [1.807, 2.05) is 6.07 Å². The number of benzene rings is 2. The van der Waals surface area contributed by atoms with Crippen LogP contribution >= 0.6 is 11.6 Å². The second-order valence-electron chi connectivity index (χ2n) is 6.31. The van der Waals surface area contributed by atoms with Crippen LogP contribution < -0.4 is 11.5 Å². The molecule has 8 heteroatoms. The fourth-order valence-electron chi connectivity index (χ4n) is 3.17. The van der Waals surface area contributed by atoms with Gasteiger partial charge in [-0.15, -0.1) is 0 Å². The molecule has 0 atom stereocenters. The normalized spacial score (nSPS) is 10.8. The van der Waals surface area contributed by atoms with Crippen LogP contribution in [0.25, 0.3) is 33.8 Å². The predicted octanol–water partition coefficient (Wildman–Crippen LogP) is 4.28. The Balaban J connectivity index is 2.00. The third-order valence-electron chi connectivity index (χ3n) is 4.45. The van der Waals surface area contributed by atoms with E-state index < -0.39 is 11.7 Å². The molecular weight excluding hydrogens is 393 g/mol. The van der Waals surface area contributed by atoms with E-state index in [0.29, 0.717) is 39.3 Å². The number of rotatable bonds is 4. The van der Waals surface area contributed by atoms with Crippen LogP contribution in [0.4, 0.5) is 10.3 Å². The maximum absolute atomic E-state index is 13.6. The molecule has 144 valence electrons. The van der Waals surface area contributed by atoms with Gasteiger partial charge in [-0.25, -0.2) is 14.4 Å². The zero-order valence-corrected chi connectivity index (χ0v) is 15.7. The van der Waals surface area contributed by atoms with Gasteiger partial charge in [-0.05, 0) is 42.0 Å². The molecule has 5 N–H and O–H groups in total. The van der Waals surface area contributed by atoms with Crippen molar-refractivity contribution >= 4 is 23.5 Å². The number of aromatic nitrogens is 3. The molecule has 29 heavy (non-hydrogen) atoms. The lowest BCUT2D eigenvalue weighted by Crippen LogP contribution is -2.12. The highest BCUT2D eigenvalue weighted by Gasteiger charge is 2.20. The lowest BCUT2D eigenvalue weighted by Gasteiger charge is -2.09. The Morgan fingerprint density at radius 2 is 1.83 bits per heavy atom. The number of nitrogens with zero attached hydrogens (tertiary/aromatic N) is 2. The van der Waals surface area contributed by atoms with Crippen molar-refractivity contribution < 1.29 is 9.18 Å². The summed E-state index contributed by atoms with van der Waals surface area (Å²) in [6.07, 6.45) is 1.54. The van der Waals surface area contributed by atoms with E-state index in [1.165, 1.54) is 12.1 Å². The third-order valence-corrected chi connectivity index (χ3v) is 4.76. The molecule has 0 saturated carbocycles. The largest absolute Gasteiger partial charge is 0.368 e. The summed E-state index contributed by atoms with van der Waals surface area (Å²) in [5, 5.41) is 0.221. The number of hydrogen-bond acceptors (Lipinski definition) is 4. The molecular formula is C21H15ClFN5O. The molecule has 0 unspecified atom stereocenters. The van der Waals surface area contributed by atoms with Gasteiger partial charge in [-0.3, -0.25) is 4.79 Å². The van der Waals surface area contributed by atoms with Gasteiger partial charge in [0.1, 0.15) is 5.82 Å². The molecule has 1 amide bonds. The summed E-state index contributed by atoms with van der Waals surface area (Å²) >= 11 is 6.31. The van der Waals surface area contributed by atoms with Gasteiger partial charge in [0.05, 0.1) is 22.1 Å². The highest BCUT2D eigenvalue weighted by molar-refractivity contribution is 6.33.